The minimum Gasteiger partial charge on any atom is -0.450 e. The van der Waals surface area contributed by atoms with E-state index < -0.39 is 33.1 Å². The van der Waals surface area contributed by atoms with Crippen molar-refractivity contribution < 1.29 is 27.6 Å². The van der Waals surface area contributed by atoms with Gasteiger partial charge in [-0.2, -0.15) is 24.9 Å². The third-order valence-electron chi connectivity index (χ3n) is 3.19. The molecule has 0 aliphatic heterocycles. The largest absolute Gasteiger partial charge is 0.450 e. The Kier molecular flexibility index (Phi) is 6.55. The molecule has 11 heteroatoms. The van der Waals surface area contributed by atoms with Gasteiger partial charge >= 0.3 is 11.9 Å². The van der Waals surface area contributed by atoms with Crippen LogP contribution in [0.25, 0.3) is 0 Å². The highest BCUT2D eigenvalue weighted by atomic mass is 35.5. The molecule has 0 radical (unpaired) electrons. The first-order valence-electron chi connectivity index (χ1n) is 7.23. The maximum atomic E-state index is 12.9. The van der Waals surface area contributed by atoms with E-state index in [0.29, 0.717) is 11.8 Å². The van der Waals surface area contributed by atoms with Crippen molar-refractivity contribution in [1.82, 2.24) is 0 Å². The summed E-state index contributed by atoms with van der Waals surface area (Å²) < 4.78 is 43.9. The summed E-state index contributed by atoms with van der Waals surface area (Å²) >= 11 is 6.95. The Bertz CT molecular complexity index is 860. The van der Waals surface area contributed by atoms with Crippen LogP contribution < -0.4 is 10.1 Å². The molecule has 0 spiro atoms. The second kappa shape index (κ2) is 8.49. The quantitative estimate of drug-likeness (QED) is 0.502. The lowest BCUT2D eigenvalue weighted by Gasteiger charge is -2.12. The molecule has 1 N–H and O–H groups in total. The molecule has 0 bridgehead atoms. The molecule has 0 unspecified atom stereocenters. The number of halogens is 4. The van der Waals surface area contributed by atoms with Crippen LogP contribution in [0.2, 0.25) is 5.02 Å². The molecule has 0 saturated carbocycles. The van der Waals surface area contributed by atoms with Crippen LogP contribution in [0.3, 0.4) is 0 Å². The fourth-order valence-corrected chi connectivity index (χ4v) is 2.64. The van der Waals surface area contributed by atoms with E-state index in [2.05, 4.69) is 5.32 Å². The average molecular weight is 421 g/mol. The van der Waals surface area contributed by atoms with Crippen molar-refractivity contribution in [3.05, 3.63) is 57.1 Å². The van der Waals surface area contributed by atoms with Gasteiger partial charge in [-0.3, -0.25) is 14.9 Å². The number of carbonyl (C=O) groups excluding carboxylic acids is 1. The second-order valence-corrected chi connectivity index (χ2v) is 6.44. The zero-order valence-electron chi connectivity index (χ0n) is 13.7. The van der Waals surface area contributed by atoms with Crippen LogP contribution in [0.15, 0.2) is 36.4 Å². The minimum atomic E-state index is -4.84. The van der Waals surface area contributed by atoms with E-state index in [1.165, 1.54) is 36.0 Å². The number of alkyl halides is 3. The van der Waals surface area contributed by atoms with Gasteiger partial charge in [0.05, 0.1) is 21.3 Å². The van der Waals surface area contributed by atoms with E-state index in [-0.39, 0.29) is 17.4 Å². The summed E-state index contributed by atoms with van der Waals surface area (Å²) in [5.41, 5.74) is -1.72. The van der Waals surface area contributed by atoms with Crippen LogP contribution in [0.1, 0.15) is 5.56 Å². The number of ether oxygens (including phenoxy) is 1. The number of rotatable bonds is 6. The van der Waals surface area contributed by atoms with E-state index in [0.717, 1.165) is 6.07 Å². The number of nitro groups is 1. The predicted molar refractivity (Wildman–Crippen MR) is 96.6 cm³/mol. The van der Waals surface area contributed by atoms with Crippen molar-refractivity contribution in [2.75, 3.05) is 17.3 Å². The van der Waals surface area contributed by atoms with Crippen LogP contribution in [0.5, 0.6) is 11.5 Å². The predicted octanol–water partition coefficient (Wildman–Crippen LogP) is 5.36. The molecular formula is C16H12ClF3N2O4S. The Morgan fingerprint density at radius 3 is 2.44 bits per heavy atom. The van der Waals surface area contributed by atoms with E-state index in [1.807, 2.05) is 0 Å². The summed E-state index contributed by atoms with van der Waals surface area (Å²) in [6, 6.07) is 6.87. The number of thioether (sulfide) groups is 1. The maximum absolute atomic E-state index is 12.9. The topological polar surface area (TPSA) is 81.5 Å². The van der Waals surface area contributed by atoms with Gasteiger partial charge in [-0.25, -0.2) is 0 Å². The minimum absolute atomic E-state index is 0.122. The van der Waals surface area contributed by atoms with E-state index in [4.69, 9.17) is 16.3 Å². The SMILES string of the molecule is CSCC(=O)Nc1ccc(Oc2cc(Cl)c(C(F)(F)F)cc2[N+](=O)[O-])cc1. The van der Waals surface area contributed by atoms with Crippen LogP contribution in [-0.4, -0.2) is 22.8 Å². The van der Waals surface area contributed by atoms with Gasteiger partial charge in [0.15, 0.2) is 0 Å². The monoisotopic (exact) mass is 420 g/mol. The first kappa shape index (κ1) is 20.8. The van der Waals surface area contributed by atoms with Crippen molar-refractivity contribution in [2.24, 2.45) is 0 Å². The number of nitrogens with zero attached hydrogens (tertiary/aromatic N) is 1. The summed E-state index contributed by atoms with van der Waals surface area (Å²) in [5.74, 6) is -0.246. The lowest BCUT2D eigenvalue weighted by atomic mass is 10.1. The molecule has 0 atom stereocenters. The van der Waals surface area contributed by atoms with Crippen molar-refractivity contribution >= 4 is 40.6 Å². The van der Waals surface area contributed by atoms with Crippen molar-refractivity contribution in [1.29, 1.82) is 0 Å². The number of hydrogen-bond donors (Lipinski definition) is 1. The molecule has 0 aliphatic rings. The molecule has 0 saturated heterocycles. The number of nitro benzene ring substituents is 1. The lowest BCUT2D eigenvalue weighted by molar-refractivity contribution is -0.385. The summed E-state index contributed by atoms with van der Waals surface area (Å²) in [4.78, 5) is 21.6. The molecule has 2 aromatic carbocycles. The van der Waals surface area contributed by atoms with Gasteiger partial charge < -0.3 is 10.1 Å². The first-order valence-corrected chi connectivity index (χ1v) is 9.01. The van der Waals surface area contributed by atoms with E-state index in [9.17, 15) is 28.1 Å². The molecule has 144 valence electrons. The fourth-order valence-electron chi connectivity index (χ4n) is 2.05. The van der Waals surface area contributed by atoms with Gasteiger partial charge in [0, 0.05) is 17.8 Å². The molecule has 2 aromatic rings. The van der Waals surface area contributed by atoms with Gasteiger partial charge in [0.25, 0.3) is 0 Å². The summed E-state index contributed by atoms with van der Waals surface area (Å²) in [7, 11) is 0. The summed E-state index contributed by atoms with van der Waals surface area (Å²) in [6.45, 7) is 0. The van der Waals surface area contributed by atoms with E-state index >= 15 is 0 Å². The zero-order chi connectivity index (χ0) is 20.2. The number of amides is 1. The molecule has 27 heavy (non-hydrogen) atoms. The Hall–Kier alpha value is -2.46. The highest BCUT2D eigenvalue weighted by molar-refractivity contribution is 7.99. The second-order valence-electron chi connectivity index (χ2n) is 5.16. The van der Waals surface area contributed by atoms with Gasteiger partial charge in [-0.15, -0.1) is 0 Å². The summed E-state index contributed by atoms with van der Waals surface area (Å²) in [5, 5.41) is 13.0. The highest BCUT2D eigenvalue weighted by Crippen LogP contribution is 2.42. The lowest BCUT2D eigenvalue weighted by Crippen LogP contribution is -2.13. The smallest absolute Gasteiger partial charge is 0.418 e. The number of nitrogens with one attached hydrogen (secondary N) is 1. The Labute approximate surface area is 160 Å². The number of hydrogen-bond acceptors (Lipinski definition) is 5. The molecular weight excluding hydrogens is 409 g/mol. The summed E-state index contributed by atoms with van der Waals surface area (Å²) in [6.07, 6.45) is -3.06. The molecule has 1 amide bonds. The molecule has 2 rings (SSSR count). The average Bonchev–Trinajstić information content (AvgIpc) is 2.55. The van der Waals surface area contributed by atoms with Crippen molar-refractivity contribution in [2.45, 2.75) is 6.18 Å². The number of anilines is 1. The Morgan fingerprint density at radius 1 is 1.30 bits per heavy atom. The van der Waals surface area contributed by atoms with E-state index in [1.54, 1.807) is 6.26 Å². The van der Waals surface area contributed by atoms with Gasteiger partial charge in [0.2, 0.25) is 11.7 Å². The van der Waals surface area contributed by atoms with Crippen LogP contribution in [0, 0.1) is 10.1 Å². The molecule has 0 heterocycles. The highest BCUT2D eigenvalue weighted by Gasteiger charge is 2.36. The van der Waals surface area contributed by atoms with Gasteiger partial charge in [0.1, 0.15) is 5.75 Å². The molecule has 0 aromatic heterocycles. The Morgan fingerprint density at radius 2 is 1.93 bits per heavy atom. The van der Waals surface area contributed by atoms with Crippen LogP contribution in [-0.2, 0) is 11.0 Å². The van der Waals surface area contributed by atoms with Crippen molar-refractivity contribution in [3.63, 3.8) is 0 Å². The normalized spacial score (nSPS) is 11.1. The zero-order valence-corrected chi connectivity index (χ0v) is 15.2. The first-order chi connectivity index (χ1) is 12.6. The maximum Gasteiger partial charge on any atom is 0.418 e. The fraction of sp³-hybridized carbons (Fsp3) is 0.188. The molecule has 0 aliphatic carbocycles. The molecule has 0 fully saturated rings. The van der Waals surface area contributed by atoms with Crippen molar-refractivity contribution in [3.8, 4) is 11.5 Å². The number of benzene rings is 2. The van der Waals surface area contributed by atoms with Gasteiger partial charge in [-0.1, -0.05) is 11.6 Å². The van der Waals surface area contributed by atoms with Crippen LogP contribution >= 0.6 is 23.4 Å². The molecule has 6 nitrogen and oxygen atoms in total. The Balaban J connectivity index is 2.27. The third kappa shape index (κ3) is 5.51. The number of carbonyl (C=O) groups is 1. The standard InChI is InChI=1S/C16H12ClF3N2O4S/c1-27-8-15(23)21-9-2-4-10(5-3-9)26-14-7-12(17)11(16(18,19)20)6-13(14)22(24)25/h2-7H,8H2,1H3,(H,21,23). The van der Waals surface area contributed by atoms with Crippen LogP contribution in [0.4, 0.5) is 24.5 Å². The van der Waals surface area contributed by atoms with Gasteiger partial charge in [-0.05, 0) is 30.5 Å². The third-order valence-corrected chi connectivity index (χ3v) is 4.06.